The quantitative estimate of drug-likeness (QED) is 0.401. The van der Waals surface area contributed by atoms with E-state index in [1.165, 1.54) is 26.0 Å². The molecule has 0 aliphatic carbocycles. The summed E-state index contributed by atoms with van der Waals surface area (Å²) in [7, 11) is 0. The van der Waals surface area contributed by atoms with Crippen LogP contribution in [0.25, 0.3) is 22.1 Å². The maximum absolute atomic E-state index is 12.6. The number of aliphatic carboxylic acids is 1. The molecular weight excluding hydrogens is 452 g/mol. The maximum Gasteiger partial charge on any atom is 0.336 e. The van der Waals surface area contributed by atoms with Crippen molar-refractivity contribution in [1.29, 1.82) is 0 Å². The third-order valence-electron chi connectivity index (χ3n) is 5.47. The molecule has 2 aromatic carbocycles. The number of rotatable bonds is 9. The first-order valence-electron chi connectivity index (χ1n) is 11.2. The number of nitrogens with one attached hydrogen (secondary N) is 2. The zero-order valence-corrected chi connectivity index (χ0v) is 19.9. The first-order chi connectivity index (χ1) is 16.6. The van der Waals surface area contributed by atoms with Crippen LogP contribution < -0.4 is 21.0 Å². The van der Waals surface area contributed by atoms with Gasteiger partial charge in [-0.25, -0.2) is 9.59 Å². The van der Waals surface area contributed by atoms with Crippen LogP contribution >= 0.6 is 0 Å². The Kier molecular flexibility index (Phi) is 7.91. The molecule has 1 aromatic heterocycles. The van der Waals surface area contributed by atoms with E-state index in [4.69, 9.17) is 9.15 Å². The standard InChI is InChI=1S/C26H28N2O7/c1-14(2)23(26(32)33)28-24(30)15(3)27-25(31)16(4)34-18-10-11-19-20(17-8-6-5-7-9-17)13-22(29)35-21(19)12-18/h5-16,23H,1-4H3,(H,27,31)(H,28,30)(H,32,33)/t15-,16-,23-/m0/s1. The minimum atomic E-state index is -1.15. The first-order valence-corrected chi connectivity index (χ1v) is 11.2. The van der Waals surface area contributed by atoms with Gasteiger partial charge in [0.15, 0.2) is 6.10 Å². The summed E-state index contributed by atoms with van der Waals surface area (Å²) in [5.41, 5.74) is 1.37. The van der Waals surface area contributed by atoms with Crippen molar-refractivity contribution in [2.24, 2.45) is 5.92 Å². The molecule has 3 N–H and O–H groups in total. The van der Waals surface area contributed by atoms with E-state index in [0.29, 0.717) is 16.7 Å². The van der Waals surface area contributed by atoms with Gasteiger partial charge >= 0.3 is 11.6 Å². The zero-order chi connectivity index (χ0) is 25.7. The molecule has 0 saturated heterocycles. The smallest absolute Gasteiger partial charge is 0.336 e. The number of carboxylic acid groups (broad SMARTS) is 1. The molecule has 0 radical (unpaired) electrons. The van der Waals surface area contributed by atoms with Crippen molar-refractivity contribution in [3.05, 3.63) is 65.0 Å². The molecule has 0 unspecified atom stereocenters. The predicted octanol–water partition coefficient (Wildman–Crippen LogP) is 2.96. The lowest BCUT2D eigenvalue weighted by atomic mass is 10.0. The number of hydrogen-bond acceptors (Lipinski definition) is 6. The fourth-order valence-electron chi connectivity index (χ4n) is 3.52. The number of fused-ring (bicyclic) bond motifs is 1. The Labute approximate surface area is 202 Å². The lowest BCUT2D eigenvalue weighted by Gasteiger charge is -2.22. The van der Waals surface area contributed by atoms with E-state index >= 15 is 0 Å². The maximum atomic E-state index is 12.6. The summed E-state index contributed by atoms with van der Waals surface area (Å²) in [5, 5.41) is 14.9. The Bertz CT molecular complexity index is 1280. The Morgan fingerprint density at radius 2 is 1.60 bits per heavy atom. The molecule has 0 bridgehead atoms. The van der Waals surface area contributed by atoms with Crippen molar-refractivity contribution in [3.63, 3.8) is 0 Å². The van der Waals surface area contributed by atoms with E-state index < -0.39 is 41.6 Å². The van der Waals surface area contributed by atoms with Gasteiger partial charge in [-0.3, -0.25) is 9.59 Å². The van der Waals surface area contributed by atoms with E-state index in [2.05, 4.69) is 10.6 Å². The average Bonchev–Trinajstić information content (AvgIpc) is 2.81. The SMILES string of the molecule is CC(C)[C@H](NC(=O)[C@H](C)NC(=O)[C@H](C)Oc1ccc2c(-c3ccccc3)cc(=O)oc2c1)C(=O)O. The number of benzene rings is 2. The van der Waals surface area contributed by atoms with Crippen molar-refractivity contribution in [2.45, 2.75) is 45.9 Å². The molecule has 9 heteroatoms. The van der Waals surface area contributed by atoms with Crippen LogP contribution in [0.1, 0.15) is 27.7 Å². The summed E-state index contributed by atoms with van der Waals surface area (Å²) in [4.78, 5) is 48.3. The van der Waals surface area contributed by atoms with Crippen LogP contribution in [-0.2, 0) is 14.4 Å². The average molecular weight is 481 g/mol. The van der Waals surface area contributed by atoms with Crippen LogP contribution in [0.3, 0.4) is 0 Å². The molecule has 1 heterocycles. The van der Waals surface area contributed by atoms with Gasteiger partial charge in [-0.2, -0.15) is 0 Å². The number of carbonyl (C=O) groups excluding carboxylic acids is 2. The lowest BCUT2D eigenvalue weighted by molar-refractivity contribution is -0.143. The Morgan fingerprint density at radius 1 is 0.914 bits per heavy atom. The van der Waals surface area contributed by atoms with Gasteiger partial charge in [0.25, 0.3) is 5.91 Å². The summed E-state index contributed by atoms with van der Waals surface area (Å²) < 4.78 is 11.0. The van der Waals surface area contributed by atoms with Crippen LogP contribution in [-0.4, -0.2) is 41.1 Å². The van der Waals surface area contributed by atoms with E-state index in [-0.39, 0.29) is 5.92 Å². The third-order valence-corrected chi connectivity index (χ3v) is 5.47. The van der Waals surface area contributed by atoms with Gasteiger partial charge in [-0.15, -0.1) is 0 Å². The minimum Gasteiger partial charge on any atom is -0.481 e. The van der Waals surface area contributed by atoms with Crippen molar-refractivity contribution in [1.82, 2.24) is 10.6 Å². The van der Waals surface area contributed by atoms with Crippen molar-refractivity contribution < 1.29 is 28.6 Å². The Balaban J connectivity index is 1.71. The fourth-order valence-corrected chi connectivity index (χ4v) is 3.52. The second kappa shape index (κ2) is 10.9. The number of hydrogen-bond donors (Lipinski definition) is 3. The van der Waals surface area contributed by atoms with Crippen LogP contribution in [0.4, 0.5) is 0 Å². The van der Waals surface area contributed by atoms with Gasteiger partial charge in [0.2, 0.25) is 5.91 Å². The second-order valence-electron chi connectivity index (χ2n) is 8.56. The molecule has 184 valence electrons. The van der Waals surface area contributed by atoms with Gasteiger partial charge in [-0.05, 0) is 43.0 Å². The molecule has 3 rings (SSSR count). The molecule has 3 aromatic rings. The molecule has 9 nitrogen and oxygen atoms in total. The topological polar surface area (TPSA) is 135 Å². The highest BCUT2D eigenvalue weighted by atomic mass is 16.5. The van der Waals surface area contributed by atoms with E-state index in [9.17, 15) is 24.3 Å². The van der Waals surface area contributed by atoms with Crippen LogP contribution in [0.2, 0.25) is 0 Å². The summed E-state index contributed by atoms with van der Waals surface area (Å²) in [6.45, 7) is 6.31. The molecular formula is C26H28N2O7. The third kappa shape index (κ3) is 6.26. The molecule has 2 amide bonds. The highest BCUT2D eigenvalue weighted by molar-refractivity contribution is 5.94. The van der Waals surface area contributed by atoms with Gasteiger partial charge in [0.05, 0.1) is 0 Å². The number of carbonyl (C=O) groups is 3. The normalized spacial score (nSPS) is 13.6. The van der Waals surface area contributed by atoms with Crippen LogP contribution in [0.5, 0.6) is 5.75 Å². The highest BCUT2D eigenvalue weighted by Crippen LogP contribution is 2.29. The minimum absolute atomic E-state index is 0.302. The number of carboxylic acids is 1. The van der Waals surface area contributed by atoms with Crippen LogP contribution in [0, 0.1) is 5.92 Å². The summed E-state index contributed by atoms with van der Waals surface area (Å²) >= 11 is 0. The largest absolute Gasteiger partial charge is 0.481 e. The Hall–Kier alpha value is -4.14. The predicted molar refractivity (Wildman–Crippen MR) is 130 cm³/mol. The summed E-state index contributed by atoms with van der Waals surface area (Å²) in [6.07, 6.45) is -0.980. The molecule has 3 atom stereocenters. The van der Waals surface area contributed by atoms with Gasteiger partial charge in [-0.1, -0.05) is 44.2 Å². The molecule has 0 spiro atoms. The summed E-state index contributed by atoms with van der Waals surface area (Å²) in [5.74, 6) is -2.36. The van der Waals surface area contributed by atoms with Crippen molar-refractivity contribution >= 4 is 28.8 Å². The molecule has 35 heavy (non-hydrogen) atoms. The lowest BCUT2D eigenvalue weighted by Crippen LogP contribution is -2.53. The molecule has 0 saturated carbocycles. The first kappa shape index (κ1) is 25.5. The van der Waals surface area contributed by atoms with E-state index in [1.54, 1.807) is 26.0 Å². The van der Waals surface area contributed by atoms with Crippen LogP contribution in [0.15, 0.2) is 63.8 Å². The molecule has 0 fully saturated rings. The number of ether oxygens (including phenoxy) is 1. The number of amides is 2. The summed E-state index contributed by atoms with van der Waals surface area (Å²) in [6, 6.07) is 13.7. The van der Waals surface area contributed by atoms with E-state index in [1.807, 2.05) is 30.3 Å². The van der Waals surface area contributed by atoms with Gasteiger partial charge in [0.1, 0.15) is 23.4 Å². The molecule has 0 aliphatic rings. The van der Waals surface area contributed by atoms with Crippen molar-refractivity contribution in [3.8, 4) is 16.9 Å². The fraction of sp³-hybridized carbons (Fsp3) is 0.308. The molecule has 0 aliphatic heterocycles. The van der Waals surface area contributed by atoms with Crippen molar-refractivity contribution in [2.75, 3.05) is 0 Å². The highest BCUT2D eigenvalue weighted by Gasteiger charge is 2.27. The second-order valence-corrected chi connectivity index (χ2v) is 8.56. The van der Waals surface area contributed by atoms with Gasteiger partial charge in [0, 0.05) is 17.5 Å². The van der Waals surface area contributed by atoms with E-state index in [0.717, 1.165) is 11.1 Å². The monoisotopic (exact) mass is 480 g/mol. The Morgan fingerprint density at radius 3 is 2.23 bits per heavy atom. The van der Waals surface area contributed by atoms with Gasteiger partial charge < -0.3 is 24.9 Å². The zero-order valence-electron chi connectivity index (χ0n) is 19.9.